The lowest BCUT2D eigenvalue weighted by Crippen LogP contribution is -2.30. The van der Waals surface area contributed by atoms with Crippen LogP contribution in [0.25, 0.3) is 32.9 Å². The molecule has 7 nitrogen and oxygen atoms in total. The van der Waals surface area contributed by atoms with Crippen molar-refractivity contribution in [1.29, 1.82) is 0 Å². The first-order valence-electron chi connectivity index (χ1n) is 12.0. The average molecular weight is 478 g/mol. The zero-order valence-corrected chi connectivity index (χ0v) is 20.2. The number of rotatable bonds is 6. The molecule has 2 aromatic heterocycles. The minimum atomic E-state index is 0.163. The first-order chi connectivity index (χ1) is 16.6. The Morgan fingerprint density at radius 1 is 1.15 bits per heavy atom. The van der Waals surface area contributed by atoms with Gasteiger partial charge in [0.2, 0.25) is 0 Å². The zero-order valence-electron chi connectivity index (χ0n) is 19.5. The zero-order chi connectivity index (χ0) is 23.2. The molecular formula is C26H28ClN5O2. The molecule has 0 spiro atoms. The van der Waals surface area contributed by atoms with E-state index in [2.05, 4.69) is 40.1 Å². The first-order valence-corrected chi connectivity index (χ1v) is 12.4. The second-order valence-corrected chi connectivity index (χ2v) is 9.91. The van der Waals surface area contributed by atoms with Crippen LogP contribution < -0.4 is 9.47 Å². The van der Waals surface area contributed by atoms with Crippen LogP contribution in [0.2, 0.25) is 5.02 Å². The molecule has 34 heavy (non-hydrogen) atoms. The summed E-state index contributed by atoms with van der Waals surface area (Å²) in [5.74, 6) is 0.703. The molecule has 2 aliphatic rings. The van der Waals surface area contributed by atoms with E-state index in [-0.39, 0.29) is 6.10 Å². The number of H-pyrrole nitrogens is 1. The average Bonchev–Trinajstić information content (AvgIpc) is 3.44. The van der Waals surface area contributed by atoms with E-state index < -0.39 is 0 Å². The van der Waals surface area contributed by atoms with Crippen molar-refractivity contribution in [2.24, 2.45) is 0 Å². The largest absolute Gasteiger partial charge is 0.487 e. The van der Waals surface area contributed by atoms with Gasteiger partial charge in [-0.3, -0.25) is 5.10 Å². The van der Waals surface area contributed by atoms with Crippen molar-refractivity contribution in [1.82, 2.24) is 25.1 Å². The summed E-state index contributed by atoms with van der Waals surface area (Å²) in [5, 5.41) is 9.79. The molecule has 1 atom stereocenters. The van der Waals surface area contributed by atoms with Crippen molar-refractivity contribution < 1.29 is 9.47 Å². The number of hydrogen-bond donors (Lipinski definition) is 1. The summed E-state index contributed by atoms with van der Waals surface area (Å²) in [4.78, 5) is 11.6. The van der Waals surface area contributed by atoms with E-state index in [0.717, 1.165) is 64.3 Å². The molecule has 6 rings (SSSR count). The summed E-state index contributed by atoms with van der Waals surface area (Å²) in [7, 11) is 2.14. The van der Waals surface area contributed by atoms with Crippen molar-refractivity contribution in [2.75, 3.05) is 20.2 Å². The lowest BCUT2D eigenvalue weighted by Gasteiger charge is -2.28. The maximum Gasteiger partial charge on any atom is 0.317 e. The van der Waals surface area contributed by atoms with Gasteiger partial charge >= 0.3 is 6.01 Å². The number of nitrogens with zero attached hydrogens (tertiary/aromatic N) is 4. The van der Waals surface area contributed by atoms with E-state index in [1.165, 1.54) is 12.8 Å². The third kappa shape index (κ3) is 3.77. The smallest absolute Gasteiger partial charge is 0.317 e. The van der Waals surface area contributed by atoms with Crippen molar-refractivity contribution >= 4 is 33.4 Å². The first kappa shape index (κ1) is 21.6. The molecule has 1 N–H and O–H groups in total. The fourth-order valence-electron chi connectivity index (χ4n) is 4.99. The van der Waals surface area contributed by atoms with Gasteiger partial charge in [-0.15, -0.1) is 0 Å². The predicted molar refractivity (Wildman–Crippen MR) is 134 cm³/mol. The van der Waals surface area contributed by atoms with Gasteiger partial charge in [0.1, 0.15) is 12.1 Å². The van der Waals surface area contributed by atoms with Crippen molar-refractivity contribution in [3.63, 3.8) is 0 Å². The van der Waals surface area contributed by atoms with Crippen LogP contribution in [0.15, 0.2) is 30.6 Å². The Morgan fingerprint density at radius 2 is 2.03 bits per heavy atom. The molecule has 0 amide bonds. The highest BCUT2D eigenvalue weighted by atomic mass is 35.5. The number of nitrogens with one attached hydrogen (secondary N) is 1. The molecule has 2 aromatic carbocycles. The molecule has 2 fully saturated rings. The Kier molecular flexibility index (Phi) is 5.54. The second kappa shape index (κ2) is 8.71. The van der Waals surface area contributed by atoms with Crippen molar-refractivity contribution in [3.05, 3.63) is 41.2 Å². The Morgan fingerprint density at radius 3 is 2.79 bits per heavy atom. The van der Waals surface area contributed by atoms with Crippen LogP contribution in [0.5, 0.6) is 11.8 Å². The van der Waals surface area contributed by atoms with Crippen molar-refractivity contribution in [3.8, 4) is 22.9 Å². The van der Waals surface area contributed by atoms with Crippen LogP contribution in [0, 0.1) is 6.92 Å². The number of aromatic nitrogens is 4. The van der Waals surface area contributed by atoms with Crippen LogP contribution >= 0.6 is 11.6 Å². The minimum absolute atomic E-state index is 0.163. The molecule has 1 aliphatic carbocycles. The van der Waals surface area contributed by atoms with E-state index in [9.17, 15) is 0 Å². The highest BCUT2D eigenvalue weighted by molar-refractivity contribution is 6.35. The van der Waals surface area contributed by atoms with E-state index >= 15 is 0 Å². The molecule has 8 heteroatoms. The summed E-state index contributed by atoms with van der Waals surface area (Å²) >= 11 is 6.93. The SMILES string of the molecule is Cc1ccc2[nH]ncc2c1-c1c(Cl)cc2cnc(OC[C@@H]3CCCN3C)nc2c1OC1CCC1. The van der Waals surface area contributed by atoms with Gasteiger partial charge in [-0.05, 0) is 70.3 Å². The maximum atomic E-state index is 6.93. The Hall–Kier alpha value is -2.90. The molecule has 4 aromatic rings. The van der Waals surface area contributed by atoms with Gasteiger partial charge in [0.25, 0.3) is 0 Å². The topological polar surface area (TPSA) is 76.2 Å². The molecule has 0 bridgehead atoms. The van der Waals surface area contributed by atoms with Gasteiger partial charge < -0.3 is 14.4 Å². The van der Waals surface area contributed by atoms with E-state index in [0.29, 0.717) is 29.4 Å². The highest BCUT2D eigenvalue weighted by Crippen LogP contribution is 2.46. The monoisotopic (exact) mass is 477 g/mol. The van der Waals surface area contributed by atoms with Gasteiger partial charge in [-0.25, -0.2) is 4.98 Å². The quantitative estimate of drug-likeness (QED) is 0.393. The minimum Gasteiger partial charge on any atom is -0.487 e. The summed E-state index contributed by atoms with van der Waals surface area (Å²) in [6, 6.07) is 6.81. The molecule has 0 unspecified atom stereocenters. The van der Waals surface area contributed by atoms with E-state index in [1.54, 1.807) is 6.20 Å². The van der Waals surface area contributed by atoms with Crippen LogP contribution in [0.4, 0.5) is 0 Å². The molecule has 1 saturated heterocycles. The van der Waals surface area contributed by atoms with Gasteiger partial charge in [0.05, 0.1) is 22.8 Å². The van der Waals surface area contributed by atoms with Crippen LogP contribution in [-0.4, -0.2) is 57.4 Å². The normalized spacial score (nSPS) is 19.1. The number of halogens is 1. The lowest BCUT2D eigenvalue weighted by atomic mass is 9.93. The summed E-state index contributed by atoms with van der Waals surface area (Å²) in [6.45, 7) is 3.77. The van der Waals surface area contributed by atoms with Gasteiger partial charge in [-0.2, -0.15) is 10.1 Å². The fourth-order valence-corrected chi connectivity index (χ4v) is 5.29. The number of benzene rings is 2. The van der Waals surface area contributed by atoms with E-state index in [1.807, 2.05) is 18.3 Å². The molecule has 0 radical (unpaired) electrons. The summed E-state index contributed by atoms with van der Waals surface area (Å²) in [6.07, 6.45) is 9.36. The molecule has 1 saturated carbocycles. The standard InChI is InChI=1S/C26H28ClN5O2/c1-15-8-9-21-19(13-29-31-21)22(15)23-20(27)11-16-12-28-26(33-14-17-5-4-10-32(17)2)30-24(16)25(23)34-18-6-3-7-18/h8-9,11-13,17-18H,3-7,10,14H2,1-2H3,(H,29,31)/t17-/m0/s1. The van der Waals surface area contributed by atoms with Gasteiger partial charge in [-0.1, -0.05) is 17.7 Å². The Balaban J connectivity index is 1.49. The maximum absolute atomic E-state index is 6.93. The third-order valence-electron chi connectivity index (χ3n) is 7.25. The number of aryl methyl sites for hydroxylation is 1. The number of likely N-dealkylation sites (N-methyl/N-ethyl adjacent to an activating group) is 1. The Labute approximate surface area is 203 Å². The third-order valence-corrected chi connectivity index (χ3v) is 7.55. The van der Waals surface area contributed by atoms with Crippen LogP contribution in [0.1, 0.15) is 37.7 Å². The highest BCUT2D eigenvalue weighted by Gasteiger charge is 2.27. The molecule has 176 valence electrons. The van der Waals surface area contributed by atoms with Crippen molar-refractivity contribution in [2.45, 2.75) is 51.2 Å². The number of ether oxygens (including phenoxy) is 2. The molecule has 3 heterocycles. The number of aromatic amines is 1. The number of likely N-dealkylation sites (tertiary alicyclic amines) is 1. The molecular weight excluding hydrogens is 450 g/mol. The van der Waals surface area contributed by atoms with E-state index in [4.69, 9.17) is 26.1 Å². The van der Waals surface area contributed by atoms with Gasteiger partial charge in [0, 0.05) is 34.1 Å². The van der Waals surface area contributed by atoms with Crippen LogP contribution in [0.3, 0.4) is 0 Å². The van der Waals surface area contributed by atoms with Crippen LogP contribution in [-0.2, 0) is 0 Å². The van der Waals surface area contributed by atoms with Gasteiger partial charge in [0.15, 0.2) is 5.75 Å². The lowest BCUT2D eigenvalue weighted by molar-refractivity contribution is 0.122. The second-order valence-electron chi connectivity index (χ2n) is 9.50. The number of hydrogen-bond acceptors (Lipinski definition) is 6. The summed E-state index contributed by atoms with van der Waals surface area (Å²) < 4.78 is 12.7. The predicted octanol–water partition coefficient (Wildman–Crippen LogP) is 5.54. The molecule has 1 aliphatic heterocycles. The summed E-state index contributed by atoms with van der Waals surface area (Å²) in [5.41, 5.74) is 4.66. The fraction of sp³-hybridized carbons (Fsp3) is 0.423. The number of fused-ring (bicyclic) bond motifs is 2. The Bertz CT molecular complexity index is 1370.